The first-order valence-corrected chi connectivity index (χ1v) is 11.1. The summed E-state index contributed by atoms with van der Waals surface area (Å²) in [6.07, 6.45) is 9.80. The molecule has 0 heterocycles. The zero-order valence-electron chi connectivity index (χ0n) is 19.8. The summed E-state index contributed by atoms with van der Waals surface area (Å²) in [6.45, 7) is 11.3. The lowest BCUT2D eigenvalue weighted by Gasteiger charge is -2.10. The number of hydrogen-bond acceptors (Lipinski definition) is 4. The Morgan fingerprint density at radius 2 is 1.59 bits per heavy atom. The van der Waals surface area contributed by atoms with Crippen LogP contribution in [0.2, 0.25) is 0 Å². The summed E-state index contributed by atoms with van der Waals surface area (Å²) in [5.74, 6) is -0.549. The molecule has 4 N–H and O–H groups in total. The summed E-state index contributed by atoms with van der Waals surface area (Å²) in [5, 5.41) is 39.0. The largest absolute Gasteiger partial charge is 0.508 e. The van der Waals surface area contributed by atoms with Crippen LogP contribution in [-0.2, 0) is 11.2 Å². The summed E-state index contributed by atoms with van der Waals surface area (Å²) >= 11 is 0. The van der Waals surface area contributed by atoms with Crippen molar-refractivity contribution < 1.29 is 25.2 Å². The molecule has 176 valence electrons. The van der Waals surface area contributed by atoms with Gasteiger partial charge in [0.1, 0.15) is 11.5 Å². The second-order valence-electron chi connectivity index (χ2n) is 8.59. The highest BCUT2D eigenvalue weighted by atomic mass is 16.4. The fourth-order valence-corrected chi connectivity index (χ4v) is 3.33. The number of carboxylic acid groups (broad SMARTS) is 1. The maximum Gasteiger partial charge on any atom is 0.331 e. The van der Waals surface area contributed by atoms with Crippen molar-refractivity contribution in [1.82, 2.24) is 0 Å². The molecule has 0 bridgehead atoms. The molecule has 0 saturated heterocycles. The van der Waals surface area contributed by atoms with Gasteiger partial charge in [0.05, 0.1) is 6.10 Å². The van der Waals surface area contributed by atoms with Crippen LogP contribution >= 0.6 is 0 Å². The number of phenols is 2. The summed E-state index contributed by atoms with van der Waals surface area (Å²) in [5.41, 5.74) is 4.77. The number of rotatable bonds is 13. The van der Waals surface area contributed by atoms with Gasteiger partial charge in [0.15, 0.2) is 0 Å². The lowest BCUT2D eigenvalue weighted by Crippen LogP contribution is -2.10. The van der Waals surface area contributed by atoms with Crippen molar-refractivity contribution in [2.45, 2.75) is 78.7 Å². The third-order valence-electron chi connectivity index (χ3n) is 5.53. The molecule has 0 radical (unpaired) electrons. The van der Waals surface area contributed by atoms with Crippen LogP contribution in [0.15, 0.2) is 59.2 Å². The van der Waals surface area contributed by atoms with Crippen LogP contribution in [0.4, 0.5) is 0 Å². The average molecular weight is 443 g/mol. The fourth-order valence-electron chi connectivity index (χ4n) is 3.33. The molecule has 1 rings (SSSR count). The number of hydrogen-bond donors (Lipinski definition) is 4. The third kappa shape index (κ3) is 10.0. The zero-order chi connectivity index (χ0) is 24.3. The highest BCUT2D eigenvalue weighted by Gasteiger charge is 2.11. The van der Waals surface area contributed by atoms with E-state index in [4.69, 9.17) is 0 Å². The Hall–Kier alpha value is -2.79. The third-order valence-corrected chi connectivity index (χ3v) is 5.53. The lowest BCUT2D eigenvalue weighted by molar-refractivity contribution is -0.132. The van der Waals surface area contributed by atoms with Crippen molar-refractivity contribution in [2.24, 2.45) is 0 Å². The lowest BCUT2D eigenvalue weighted by atomic mass is 10.0. The quantitative estimate of drug-likeness (QED) is 0.167. The normalized spacial score (nSPS) is 13.8. The van der Waals surface area contributed by atoms with Crippen LogP contribution in [-0.4, -0.2) is 32.5 Å². The molecule has 0 aliphatic rings. The van der Waals surface area contributed by atoms with Gasteiger partial charge in [-0.15, -0.1) is 0 Å². The van der Waals surface area contributed by atoms with E-state index in [1.807, 2.05) is 6.92 Å². The van der Waals surface area contributed by atoms with E-state index in [0.29, 0.717) is 48.0 Å². The van der Waals surface area contributed by atoms with Crippen molar-refractivity contribution >= 4 is 5.97 Å². The Morgan fingerprint density at radius 3 is 2.19 bits per heavy atom. The predicted octanol–water partition coefficient (Wildman–Crippen LogP) is 6.13. The van der Waals surface area contributed by atoms with Crippen molar-refractivity contribution in [1.29, 1.82) is 0 Å². The molecule has 1 aromatic rings. The summed E-state index contributed by atoms with van der Waals surface area (Å²) < 4.78 is 0. The van der Waals surface area contributed by atoms with E-state index < -0.39 is 12.1 Å². The Morgan fingerprint density at radius 1 is 1.00 bits per heavy atom. The van der Waals surface area contributed by atoms with Gasteiger partial charge in [-0.05, 0) is 90.3 Å². The highest BCUT2D eigenvalue weighted by molar-refractivity contribution is 5.86. The van der Waals surface area contributed by atoms with E-state index in [1.165, 1.54) is 11.1 Å². The van der Waals surface area contributed by atoms with Crippen LogP contribution in [0.25, 0.3) is 0 Å². The van der Waals surface area contributed by atoms with E-state index in [-0.39, 0.29) is 11.5 Å². The SMILES string of the molecule is C=C(C)[C@H](O)CCC(=CCCC(C)=CCCC(C)=CCc1cc(O)cc(C)c1O)C(=O)O. The second kappa shape index (κ2) is 13.6. The molecule has 5 heteroatoms. The molecule has 32 heavy (non-hydrogen) atoms. The molecule has 0 saturated carbocycles. The molecule has 0 spiro atoms. The maximum absolute atomic E-state index is 11.4. The van der Waals surface area contributed by atoms with Gasteiger partial charge in [-0.2, -0.15) is 0 Å². The number of allylic oxidation sites excluding steroid dienone is 5. The van der Waals surface area contributed by atoms with Crippen LogP contribution in [0, 0.1) is 6.92 Å². The molecule has 0 aromatic heterocycles. The van der Waals surface area contributed by atoms with Gasteiger partial charge in [-0.25, -0.2) is 4.79 Å². The first-order chi connectivity index (χ1) is 15.0. The van der Waals surface area contributed by atoms with Crippen molar-refractivity contribution in [3.63, 3.8) is 0 Å². The molecular formula is C27H38O5. The summed E-state index contributed by atoms with van der Waals surface area (Å²) in [6, 6.07) is 3.14. The van der Waals surface area contributed by atoms with Crippen molar-refractivity contribution in [3.05, 3.63) is 70.4 Å². The van der Waals surface area contributed by atoms with Gasteiger partial charge < -0.3 is 20.4 Å². The Kier molecular flexibility index (Phi) is 11.6. The van der Waals surface area contributed by atoms with Crippen LogP contribution in [0.3, 0.4) is 0 Å². The molecule has 5 nitrogen and oxygen atoms in total. The van der Waals surface area contributed by atoms with Gasteiger partial charge in [0, 0.05) is 11.1 Å². The van der Waals surface area contributed by atoms with Crippen molar-refractivity contribution in [2.75, 3.05) is 0 Å². The van der Waals surface area contributed by atoms with Crippen LogP contribution < -0.4 is 0 Å². The van der Waals surface area contributed by atoms with E-state index in [1.54, 1.807) is 32.1 Å². The Balaban J connectivity index is 2.51. The van der Waals surface area contributed by atoms with Crippen molar-refractivity contribution in [3.8, 4) is 11.5 Å². The minimum absolute atomic E-state index is 0.159. The number of aliphatic hydroxyl groups excluding tert-OH is 1. The number of phenolic OH excluding ortho intramolecular Hbond substituents is 2. The predicted molar refractivity (Wildman–Crippen MR) is 130 cm³/mol. The van der Waals surface area contributed by atoms with Gasteiger partial charge in [-0.1, -0.05) is 41.5 Å². The van der Waals surface area contributed by atoms with E-state index >= 15 is 0 Å². The molecule has 0 aliphatic carbocycles. The molecule has 0 unspecified atom stereocenters. The fraction of sp³-hybridized carbons (Fsp3) is 0.444. The molecule has 0 aliphatic heterocycles. The van der Waals surface area contributed by atoms with Gasteiger partial charge in [0.25, 0.3) is 0 Å². The Labute approximate surface area is 192 Å². The number of carboxylic acids is 1. The maximum atomic E-state index is 11.4. The van der Waals surface area contributed by atoms with Gasteiger partial charge in [0.2, 0.25) is 0 Å². The Bertz CT molecular complexity index is 890. The minimum atomic E-state index is -0.936. The van der Waals surface area contributed by atoms with Crippen LogP contribution in [0.1, 0.15) is 70.4 Å². The van der Waals surface area contributed by atoms with E-state index in [9.17, 15) is 25.2 Å². The molecule has 1 atom stereocenters. The standard InChI is InChI=1S/C27H38O5/c1-18(2)25(29)15-14-22(27(31)32)11-7-10-19(3)8-6-9-20(4)12-13-23-17-24(28)16-21(5)26(23)30/h8,11-12,16-17,25,28-30H,1,6-7,9-10,13-15H2,2-5H3,(H,31,32)/t25-/m1/s1. The minimum Gasteiger partial charge on any atom is -0.508 e. The molecular weight excluding hydrogens is 404 g/mol. The topological polar surface area (TPSA) is 98.0 Å². The average Bonchev–Trinajstić information content (AvgIpc) is 2.71. The summed E-state index contributed by atoms with van der Waals surface area (Å²) in [7, 11) is 0. The number of aliphatic hydroxyl groups is 1. The number of aryl methyl sites for hydroxylation is 1. The van der Waals surface area contributed by atoms with E-state index in [0.717, 1.165) is 19.3 Å². The number of benzene rings is 1. The summed E-state index contributed by atoms with van der Waals surface area (Å²) in [4.78, 5) is 11.4. The molecule has 0 amide bonds. The van der Waals surface area contributed by atoms with Gasteiger partial charge >= 0.3 is 5.97 Å². The zero-order valence-corrected chi connectivity index (χ0v) is 19.8. The number of aromatic hydroxyl groups is 2. The first kappa shape index (κ1) is 27.2. The first-order valence-electron chi connectivity index (χ1n) is 11.1. The van der Waals surface area contributed by atoms with Gasteiger partial charge in [-0.3, -0.25) is 0 Å². The highest BCUT2D eigenvalue weighted by Crippen LogP contribution is 2.28. The van der Waals surface area contributed by atoms with Crippen LogP contribution in [0.5, 0.6) is 11.5 Å². The second-order valence-corrected chi connectivity index (χ2v) is 8.59. The van der Waals surface area contributed by atoms with E-state index in [2.05, 4.69) is 25.7 Å². The molecule has 0 fully saturated rings. The smallest absolute Gasteiger partial charge is 0.331 e. The number of aliphatic carboxylic acids is 1. The molecule has 1 aromatic carbocycles. The monoisotopic (exact) mass is 442 g/mol. The number of carbonyl (C=O) groups is 1.